The molecule has 8 heteroatoms. The van der Waals surface area contributed by atoms with Gasteiger partial charge in [-0.25, -0.2) is 0 Å². The Bertz CT molecular complexity index is 794. The summed E-state index contributed by atoms with van der Waals surface area (Å²) in [5.41, 5.74) is 1.72. The van der Waals surface area contributed by atoms with Crippen LogP contribution in [0, 0.1) is 0 Å². The van der Waals surface area contributed by atoms with Crippen LogP contribution < -0.4 is 10.6 Å². The Labute approximate surface area is 178 Å². The zero-order valence-electron chi connectivity index (χ0n) is 16.7. The molecule has 0 saturated carbocycles. The van der Waals surface area contributed by atoms with Gasteiger partial charge in [0.2, 0.25) is 0 Å². The molecule has 154 valence electrons. The predicted octanol–water partition coefficient (Wildman–Crippen LogP) is 3.02. The van der Waals surface area contributed by atoms with Crippen LogP contribution in [0.2, 0.25) is 5.02 Å². The van der Waals surface area contributed by atoms with E-state index in [0.717, 1.165) is 38.3 Å². The Hall–Kier alpha value is -1.60. The minimum absolute atomic E-state index is 0. The van der Waals surface area contributed by atoms with Gasteiger partial charge in [0.15, 0.2) is 0 Å². The van der Waals surface area contributed by atoms with E-state index in [1.54, 1.807) is 0 Å². The van der Waals surface area contributed by atoms with Crippen LogP contribution in [0.3, 0.4) is 0 Å². The van der Waals surface area contributed by atoms with Gasteiger partial charge in [-0.15, -0.1) is 12.4 Å². The van der Waals surface area contributed by atoms with Crippen LogP contribution in [-0.4, -0.2) is 59.9 Å². The maximum atomic E-state index is 12.9. The van der Waals surface area contributed by atoms with Crippen molar-refractivity contribution in [2.45, 2.75) is 26.3 Å². The van der Waals surface area contributed by atoms with E-state index in [4.69, 9.17) is 11.6 Å². The Balaban J connectivity index is 0.00000280. The first-order valence-corrected chi connectivity index (χ1v) is 9.80. The molecule has 1 fully saturated rings. The summed E-state index contributed by atoms with van der Waals surface area (Å²) < 4.78 is 1.83. The van der Waals surface area contributed by atoms with Gasteiger partial charge in [0.1, 0.15) is 5.69 Å². The van der Waals surface area contributed by atoms with E-state index in [1.165, 1.54) is 0 Å². The van der Waals surface area contributed by atoms with Crippen molar-refractivity contribution in [1.82, 2.24) is 25.3 Å². The minimum atomic E-state index is -0.227. The lowest BCUT2D eigenvalue weighted by Gasteiger charge is -2.27. The summed E-state index contributed by atoms with van der Waals surface area (Å²) in [7, 11) is 0. The smallest absolute Gasteiger partial charge is 0.255 e. The third-order valence-electron chi connectivity index (χ3n) is 4.70. The van der Waals surface area contributed by atoms with Crippen molar-refractivity contribution in [3.05, 3.63) is 41.0 Å². The normalized spacial score (nSPS) is 15.1. The number of aromatic nitrogens is 2. The van der Waals surface area contributed by atoms with E-state index < -0.39 is 0 Å². The molecule has 1 amide bonds. The topological polar surface area (TPSA) is 62.2 Å². The number of rotatable bonds is 5. The molecule has 0 spiro atoms. The highest BCUT2D eigenvalue weighted by Gasteiger charge is 2.24. The number of amides is 1. The molecule has 0 aliphatic carbocycles. The second-order valence-corrected chi connectivity index (χ2v) is 8.24. The van der Waals surface area contributed by atoms with E-state index in [0.29, 0.717) is 22.8 Å². The second kappa shape index (κ2) is 9.74. The lowest BCUT2D eigenvalue weighted by Crippen LogP contribution is -2.46. The molecule has 1 saturated heterocycles. The summed E-state index contributed by atoms with van der Waals surface area (Å²) in [5.74, 6) is -0.115. The fraction of sp³-hybridized carbons (Fsp3) is 0.500. The summed E-state index contributed by atoms with van der Waals surface area (Å²) >= 11 is 6.37. The van der Waals surface area contributed by atoms with Crippen molar-refractivity contribution in [2.75, 3.05) is 39.3 Å². The Kier molecular flexibility index (Phi) is 7.89. The Morgan fingerprint density at radius 1 is 1.25 bits per heavy atom. The van der Waals surface area contributed by atoms with E-state index in [-0.39, 0.29) is 23.9 Å². The third-order valence-corrected chi connectivity index (χ3v) is 5.03. The van der Waals surface area contributed by atoms with E-state index >= 15 is 0 Å². The van der Waals surface area contributed by atoms with E-state index in [9.17, 15) is 4.79 Å². The molecule has 2 heterocycles. The maximum absolute atomic E-state index is 12.9. The number of hydrogen-bond acceptors (Lipinski definition) is 4. The van der Waals surface area contributed by atoms with E-state index in [1.807, 2.05) is 35.1 Å². The summed E-state index contributed by atoms with van der Waals surface area (Å²) in [6, 6.07) is 7.50. The van der Waals surface area contributed by atoms with Crippen LogP contribution in [0.15, 0.2) is 30.5 Å². The lowest BCUT2D eigenvalue weighted by atomic mass is 10.1. The lowest BCUT2D eigenvalue weighted by molar-refractivity contribution is 0.0947. The second-order valence-electron chi connectivity index (χ2n) is 7.83. The fourth-order valence-electron chi connectivity index (χ4n) is 3.09. The first-order chi connectivity index (χ1) is 12.9. The largest absolute Gasteiger partial charge is 0.351 e. The molecular formula is C20H29Cl2N5O. The quantitative estimate of drug-likeness (QED) is 0.772. The molecule has 1 aromatic heterocycles. The first kappa shape index (κ1) is 22.7. The van der Waals surface area contributed by atoms with Crippen molar-refractivity contribution >= 4 is 29.9 Å². The Morgan fingerprint density at radius 3 is 2.57 bits per heavy atom. The SMILES string of the molecule is CC(C)(C)n1cc(C(=O)NCCN2CCNCC2)c(-c2ccccc2Cl)n1.Cl. The van der Waals surface area contributed by atoms with Crippen molar-refractivity contribution in [3.63, 3.8) is 0 Å². The number of benzene rings is 1. The molecule has 0 radical (unpaired) electrons. The summed E-state index contributed by atoms with van der Waals surface area (Å²) in [6.45, 7) is 11.7. The first-order valence-electron chi connectivity index (χ1n) is 9.42. The van der Waals surface area contributed by atoms with Crippen LogP contribution in [0.25, 0.3) is 11.3 Å². The highest BCUT2D eigenvalue weighted by Crippen LogP contribution is 2.30. The van der Waals surface area contributed by atoms with Crippen LogP contribution in [0.5, 0.6) is 0 Å². The molecule has 2 N–H and O–H groups in total. The highest BCUT2D eigenvalue weighted by atomic mass is 35.5. The van der Waals surface area contributed by atoms with Crippen LogP contribution in [0.1, 0.15) is 31.1 Å². The van der Waals surface area contributed by atoms with Gasteiger partial charge in [-0.3, -0.25) is 14.4 Å². The third kappa shape index (κ3) is 5.47. The average Bonchev–Trinajstić information content (AvgIpc) is 3.08. The van der Waals surface area contributed by atoms with E-state index in [2.05, 4.69) is 41.4 Å². The van der Waals surface area contributed by atoms with Crippen molar-refractivity contribution in [1.29, 1.82) is 0 Å². The van der Waals surface area contributed by atoms with Crippen LogP contribution in [0.4, 0.5) is 0 Å². The van der Waals surface area contributed by atoms with Crippen molar-refractivity contribution in [2.24, 2.45) is 0 Å². The van der Waals surface area contributed by atoms with Crippen LogP contribution in [-0.2, 0) is 5.54 Å². The Morgan fingerprint density at radius 2 is 1.93 bits per heavy atom. The standard InChI is InChI=1S/C20H28ClN5O.ClH/c1-20(2,3)26-14-16(18(24-26)15-6-4-5-7-17(15)21)19(27)23-10-13-25-11-8-22-9-12-25;/h4-7,14,22H,8-13H2,1-3H3,(H,23,27);1H. The molecule has 1 aromatic carbocycles. The van der Waals surface area contributed by atoms with Gasteiger partial charge >= 0.3 is 0 Å². The van der Waals surface area contributed by atoms with Gasteiger partial charge in [-0.1, -0.05) is 29.8 Å². The number of carbonyl (C=O) groups excluding carboxylic acids is 1. The number of nitrogens with one attached hydrogen (secondary N) is 2. The molecule has 1 aliphatic rings. The molecule has 28 heavy (non-hydrogen) atoms. The minimum Gasteiger partial charge on any atom is -0.351 e. The number of halogens is 2. The predicted molar refractivity (Wildman–Crippen MR) is 117 cm³/mol. The number of hydrogen-bond donors (Lipinski definition) is 2. The molecule has 2 aromatic rings. The zero-order chi connectivity index (χ0) is 19.4. The van der Waals surface area contributed by atoms with Gasteiger partial charge < -0.3 is 10.6 Å². The molecule has 0 unspecified atom stereocenters. The molecule has 6 nitrogen and oxygen atoms in total. The van der Waals surface area contributed by atoms with Crippen molar-refractivity contribution < 1.29 is 4.79 Å². The van der Waals surface area contributed by atoms with Gasteiger partial charge in [-0.2, -0.15) is 5.10 Å². The molecule has 3 rings (SSSR count). The number of nitrogens with zero attached hydrogens (tertiary/aromatic N) is 3. The van der Waals surface area contributed by atoms with Crippen molar-refractivity contribution in [3.8, 4) is 11.3 Å². The van der Waals surface area contributed by atoms with Gasteiger partial charge in [0.25, 0.3) is 5.91 Å². The molecule has 0 bridgehead atoms. The highest BCUT2D eigenvalue weighted by molar-refractivity contribution is 6.33. The summed E-state index contributed by atoms with van der Waals surface area (Å²) in [5, 5.41) is 11.7. The monoisotopic (exact) mass is 425 g/mol. The molecular weight excluding hydrogens is 397 g/mol. The fourth-order valence-corrected chi connectivity index (χ4v) is 3.32. The summed E-state index contributed by atoms with van der Waals surface area (Å²) in [4.78, 5) is 15.2. The average molecular weight is 426 g/mol. The van der Waals surface area contributed by atoms with Gasteiger partial charge in [0, 0.05) is 51.0 Å². The van der Waals surface area contributed by atoms with Gasteiger partial charge in [0.05, 0.1) is 16.1 Å². The number of carbonyl (C=O) groups is 1. The number of piperazine rings is 1. The molecule has 0 atom stereocenters. The van der Waals surface area contributed by atoms with Crippen LogP contribution >= 0.6 is 24.0 Å². The van der Waals surface area contributed by atoms with Gasteiger partial charge in [-0.05, 0) is 26.8 Å². The maximum Gasteiger partial charge on any atom is 0.255 e. The summed E-state index contributed by atoms with van der Waals surface area (Å²) in [6.07, 6.45) is 1.82. The molecule has 1 aliphatic heterocycles. The zero-order valence-corrected chi connectivity index (χ0v) is 18.2.